The standard InChI is InChI=1S/C20H22BrNO4/c1-13-4-9-18(14(2)10-13)25-12-20(24)26-11-19(23)22-15(3)16-5-7-17(21)8-6-16/h4-10,15H,11-12H2,1-3H3,(H,22,23)/t15-/m0/s1. The fraction of sp³-hybridized carbons (Fsp3) is 0.300. The average Bonchev–Trinajstić information content (AvgIpc) is 2.59. The SMILES string of the molecule is Cc1ccc(OCC(=O)OCC(=O)N[C@@H](C)c2ccc(Br)cc2)c(C)c1. The minimum atomic E-state index is -0.587. The highest BCUT2D eigenvalue weighted by Crippen LogP contribution is 2.18. The molecule has 1 atom stereocenters. The van der Waals surface area contributed by atoms with Gasteiger partial charge in [-0.2, -0.15) is 0 Å². The molecule has 1 N–H and O–H groups in total. The summed E-state index contributed by atoms with van der Waals surface area (Å²) in [6, 6.07) is 13.1. The molecule has 0 fully saturated rings. The maximum Gasteiger partial charge on any atom is 0.344 e. The summed E-state index contributed by atoms with van der Waals surface area (Å²) in [6.07, 6.45) is 0. The monoisotopic (exact) mass is 419 g/mol. The van der Waals surface area contributed by atoms with Crippen molar-refractivity contribution in [2.75, 3.05) is 13.2 Å². The van der Waals surface area contributed by atoms with Gasteiger partial charge in [-0.15, -0.1) is 0 Å². The molecule has 138 valence electrons. The third-order valence-corrected chi connectivity index (χ3v) is 4.32. The number of rotatable bonds is 7. The second-order valence-corrected chi connectivity index (χ2v) is 6.97. The summed E-state index contributed by atoms with van der Waals surface area (Å²) in [5.74, 6) is -0.322. The molecule has 0 unspecified atom stereocenters. The summed E-state index contributed by atoms with van der Waals surface area (Å²) in [5.41, 5.74) is 3.03. The van der Waals surface area contributed by atoms with Gasteiger partial charge < -0.3 is 14.8 Å². The van der Waals surface area contributed by atoms with Crippen molar-refractivity contribution >= 4 is 27.8 Å². The van der Waals surface area contributed by atoms with Gasteiger partial charge in [0.2, 0.25) is 0 Å². The van der Waals surface area contributed by atoms with Crippen LogP contribution in [0.2, 0.25) is 0 Å². The maximum absolute atomic E-state index is 11.9. The number of halogens is 1. The zero-order valence-corrected chi connectivity index (χ0v) is 16.6. The zero-order valence-electron chi connectivity index (χ0n) is 15.0. The highest BCUT2D eigenvalue weighted by atomic mass is 79.9. The maximum atomic E-state index is 11.9. The van der Waals surface area contributed by atoms with Crippen LogP contribution in [0.3, 0.4) is 0 Å². The Kier molecular flexibility index (Phi) is 7.21. The minimum absolute atomic E-state index is 0.180. The van der Waals surface area contributed by atoms with Crippen molar-refractivity contribution in [3.05, 3.63) is 63.6 Å². The first-order chi connectivity index (χ1) is 12.3. The van der Waals surface area contributed by atoms with E-state index < -0.39 is 5.97 Å². The number of nitrogens with one attached hydrogen (secondary N) is 1. The summed E-state index contributed by atoms with van der Waals surface area (Å²) >= 11 is 3.37. The van der Waals surface area contributed by atoms with Crippen molar-refractivity contribution < 1.29 is 19.1 Å². The number of hydrogen-bond acceptors (Lipinski definition) is 4. The van der Waals surface area contributed by atoms with Crippen LogP contribution in [0.5, 0.6) is 5.75 Å². The van der Waals surface area contributed by atoms with E-state index in [9.17, 15) is 9.59 Å². The van der Waals surface area contributed by atoms with E-state index in [1.807, 2.05) is 63.2 Å². The largest absolute Gasteiger partial charge is 0.482 e. The number of esters is 1. The Morgan fingerprint density at radius 1 is 1.08 bits per heavy atom. The van der Waals surface area contributed by atoms with Gasteiger partial charge in [0.1, 0.15) is 5.75 Å². The van der Waals surface area contributed by atoms with Crippen LogP contribution < -0.4 is 10.1 Å². The summed E-state index contributed by atoms with van der Waals surface area (Å²) in [5, 5.41) is 2.79. The number of carbonyl (C=O) groups excluding carboxylic acids is 2. The first-order valence-electron chi connectivity index (χ1n) is 8.25. The molecule has 5 nitrogen and oxygen atoms in total. The Balaban J connectivity index is 1.74. The highest BCUT2D eigenvalue weighted by molar-refractivity contribution is 9.10. The van der Waals surface area contributed by atoms with Gasteiger partial charge in [0, 0.05) is 4.47 Å². The lowest BCUT2D eigenvalue weighted by Gasteiger charge is -2.14. The number of ether oxygens (including phenoxy) is 2. The van der Waals surface area contributed by atoms with Crippen molar-refractivity contribution in [3.8, 4) is 5.75 Å². The quantitative estimate of drug-likeness (QED) is 0.691. The van der Waals surface area contributed by atoms with Gasteiger partial charge in [-0.1, -0.05) is 45.8 Å². The number of carbonyl (C=O) groups is 2. The molecular formula is C20H22BrNO4. The van der Waals surface area contributed by atoms with Crippen molar-refractivity contribution in [2.45, 2.75) is 26.8 Å². The summed E-state index contributed by atoms with van der Waals surface area (Å²) < 4.78 is 11.4. The number of hydrogen-bond donors (Lipinski definition) is 1. The van der Waals surface area contributed by atoms with Crippen LogP contribution in [0.1, 0.15) is 29.7 Å². The zero-order chi connectivity index (χ0) is 19.1. The molecule has 0 saturated heterocycles. The van der Waals surface area contributed by atoms with Crippen LogP contribution in [0, 0.1) is 13.8 Å². The molecule has 0 aromatic heterocycles. The van der Waals surface area contributed by atoms with E-state index in [0.29, 0.717) is 5.75 Å². The first kappa shape index (κ1) is 20.0. The van der Waals surface area contributed by atoms with Gasteiger partial charge >= 0.3 is 5.97 Å². The van der Waals surface area contributed by atoms with E-state index in [0.717, 1.165) is 21.2 Å². The van der Waals surface area contributed by atoms with Gasteiger partial charge in [-0.05, 0) is 50.1 Å². The van der Waals surface area contributed by atoms with E-state index in [2.05, 4.69) is 21.2 Å². The predicted octanol–water partition coefficient (Wildman–Crippen LogP) is 3.87. The molecule has 2 aromatic carbocycles. The number of aryl methyl sites for hydroxylation is 2. The molecule has 6 heteroatoms. The van der Waals surface area contributed by atoms with Crippen molar-refractivity contribution in [1.29, 1.82) is 0 Å². The molecule has 0 spiro atoms. The van der Waals surface area contributed by atoms with Crippen LogP contribution in [0.15, 0.2) is 46.9 Å². The Labute approximate surface area is 161 Å². The minimum Gasteiger partial charge on any atom is -0.482 e. The molecule has 2 aromatic rings. The summed E-state index contributed by atoms with van der Waals surface area (Å²) in [7, 11) is 0. The van der Waals surface area contributed by atoms with Crippen LogP contribution in [-0.4, -0.2) is 25.1 Å². The highest BCUT2D eigenvalue weighted by Gasteiger charge is 2.12. The molecule has 0 aliphatic rings. The lowest BCUT2D eigenvalue weighted by molar-refractivity contribution is -0.150. The number of amides is 1. The molecule has 0 aliphatic heterocycles. The molecular weight excluding hydrogens is 398 g/mol. The Morgan fingerprint density at radius 2 is 1.77 bits per heavy atom. The summed E-state index contributed by atoms with van der Waals surface area (Å²) in [6.45, 7) is 5.19. The Morgan fingerprint density at radius 3 is 2.42 bits per heavy atom. The van der Waals surface area contributed by atoms with Gasteiger partial charge in [0.25, 0.3) is 5.91 Å². The first-order valence-corrected chi connectivity index (χ1v) is 9.05. The molecule has 0 aliphatic carbocycles. The van der Waals surface area contributed by atoms with Crippen LogP contribution in [0.25, 0.3) is 0 Å². The van der Waals surface area contributed by atoms with Crippen molar-refractivity contribution in [2.24, 2.45) is 0 Å². The smallest absolute Gasteiger partial charge is 0.344 e. The Hall–Kier alpha value is -2.34. The van der Waals surface area contributed by atoms with Gasteiger partial charge in [0.05, 0.1) is 6.04 Å². The normalized spacial score (nSPS) is 11.5. The van der Waals surface area contributed by atoms with E-state index in [4.69, 9.17) is 9.47 Å². The van der Waals surface area contributed by atoms with Crippen LogP contribution >= 0.6 is 15.9 Å². The van der Waals surface area contributed by atoms with Crippen molar-refractivity contribution in [1.82, 2.24) is 5.32 Å². The van der Waals surface area contributed by atoms with Crippen LogP contribution in [-0.2, 0) is 14.3 Å². The fourth-order valence-electron chi connectivity index (χ4n) is 2.40. The van der Waals surface area contributed by atoms with E-state index >= 15 is 0 Å². The molecule has 0 heterocycles. The van der Waals surface area contributed by atoms with Crippen LogP contribution in [0.4, 0.5) is 0 Å². The third kappa shape index (κ3) is 6.19. The number of benzene rings is 2. The molecule has 2 rings (SSSR count). The predicted molar refractivity (Wildman–Crippen MR) is 103 cm³/mol. The fourth-order valence-corrected chi connectivity index (χ4v) is 2.67. The van der Waals surface area contributed by atoms with E-state index in [1.165, 1.54) is 0 Å². The second kappa shape index (κ2) is 9.38. The second-order valence-electron chi connectivity index (χ2n) is 6.06. The molecule has 26 heavy (non-hydrogen) atoms. The lowest BCUT2D eigenvalue weighted by atomic mass is 10.1. The molecule has 0 bridgehead atoms. The van der Waals surface area contributed by atoms with E-state index in [-0.39, 0.29) is 25.2 Å². The summed E-state index contributed by atoms with van der Waals surface area (Å²) in [4.78, 5) is 23.7. The van der Waals surface area contributed by atoms with Gasteiger partial charge in [-0.3, -0.25) is 4.79 Å². The Bertz CT molecular complexity index is 774. The third-order valence-electron chi connectivity index (χ3n) is 3.79. The average molecular weight is 420 g/mol. The topological polar surface area (TPSA) is 64.6 Å². The molecule has 0 saturated carbocycles. The molecule has 1 amide bonds. The van der Waals surface area contributed by atoms with Gasteiger partial charge in [0.15, 0.2) is 13.2 Å². The molecule has 0 radical (unpaired) electrons. The lowest BCUT2D eigenvalue weighted by Crippen LogP contribution is -2.31. The van der Waals surface area contributed by atoms with Gasteiger partial charge in [-0.25, -0.2) is 4.79 Å². The van der Waals surface area contributed by atoms with Crippen molar-refractivity contribution in [3.63, 3.8) is 0 Å². The van der Waals surface area contributed by atoms with E-state index in [1.54, 1.807) is 0 Å².